The molecular weight excluding hydrogens is 425 g/mol. The second-order valence-corrected chi connectivity index (χ2v) is 9.47. The first-order valence-corrected chi connectivity index (χ1v) is 11.1. The summed E-state index contributed by atoms with van der Waals surface area (Å²) in [7, 11) is 2.37. The number of esters is 1. The normalized spacial score (nSPS) is 17.1. The number of likely N-dealkylation sites (N-methyl/N-ethyl adjacent to an activating group) is 1. The molecule has 0 saturated heterocycles. The van der Waals surface area contributed by atoms with Gasteiger partial charge in [0.25, 0.3) is 5.69 Å². The topological polar surface area (TPSA) is 120 Å². The van der Waals surface area contributed by atoms with Crippen LogP contribution in [0.3, 0.4) is 0 Å². The standard InChI is InChI=1S/C20H28N3O7P/c1-13-17(20(24)30-11-10-22(3)4)18(15-8-7-9-16(12-15)23(25)26)19(14(2)21-13)31(27,28-5)29-6/h7-9,12,18,21H,10-11H2,1-6H3. The fourth-order valence-electron chi connectivity index (χ4n) is 3.43. The van der Waals surface area contributed by atoms with Gasteiger partial charge in [-0.2, -0.15) is 0 Å². The van der Waals surface area contributed by atoms with Crippen LogP contribution in [0.4, 0.5) is 5.69 Å². The van der Waals surface area contributed by atoms with E-state index in [-0.39, 0.29) is 23.2 Å². The number of ether oxygens (including phenoxy) is 1. The summed E-state index contributed by atoms with van der Waals surface area (Å²) in [6, 6.07) is 5.83. The summed E-state index contributed by atoms with van der Waals surface area (Å²) < 4.78 is 29.3. The summed E-state index contributed by atoms with van der Waals surface area (Å²) >= 11 is 0. The Morgan fingerprint density at radius 1 is 1.23 bits per heavy atom. The Kier molecular flexibility index (Phi) is 8.14. The van der Waals surface area contributed by atoms with E-state index in [2.05, 4.69) is 5.32 Å². The molecule has 1 aromatic carbocycles. The van der Waals surface area contributed by atoms with Crippen LogP contribution in [0.25, 0.3) is 0 Å². The number of nitro groups is 1. The number of hydrogen-bond acceptors (Lipinski definition) is 9. The van der Waals surface area contributed by atoms with Crippen molar-refractivity contribution in [3.8, 4) is 0 Å². The SMILES string of the molecule is COP(=O)(OC)C1=C(C)NC(C)=C(C(=O)OCCN(C)C)C1c1cccc([N+](=O)[O-])c1. The number of rotatable bonds is 9. The molecule has 11 heteroatoms. The van der Waals surface area contributed by atoms with E-state index in [9.17, 15) is 19.5 Å². The molecule has 0 amide bonds. The van der Waals surface area contributed by atoms with Crippen molar-refractivity contribution in [3.63, 3.8) is 0 Å². The number of nitrogens with one attached hydrogen (secondary N) is 1. The van der Waals surface area contributed by atoms with Crippen molar-refractivity contribution in [1.82, 2.24) is 10.2 Å². The van der Waals surface area contributed by atoms with Gasteiger partial charge in [0.1, 0.15) is 6.61 Å². The number of hydrogen-bond donors (Lipinski definition) is 1. The first kappa shape index (κ1) is 24.7. The molecule has 31 heavy (non-hydrogen) atoms. The van der Waals surface area contributed by atoms with Crippen LogP contribution in [0.2, 0.25) is 0 Å². The Morgan fingerprint density at radius 2 is 1.87 bits per heavy atom. The lowest BCUT2D eigenvalue weighted by Gasteiger charge is -2.33. The van der Waals surface area contributed by atoms with E-state index in [4.69, 9.17) is 13.8 Å². The zero-order valence-corrected chi connectivity index (χ0v) is 19.4. The van der Waals surface area contributed by atoms with Crippen molar-refractivity contribution in [1.29, 1.82) is 0 Å². The van der Waals surface area contributed by atoms with E-state index in [1.165, 1.54) is 32.4 Å². The average molecular weight is 453 g/mol. The van der Waals surface area contributed by atoms with E-state index in [1.54, 1.807) is 19.9 Å². The van der Waals surface area contributed by atoms with Crippen LogP contribution in [0.5, 0.6) is 0 Å². The zero-order chi connectivity index (χ0) is 23.3. The second kappa shape index (κ2) is 10.2. The lowest BCUT2D eigenvalue weighted by molar-refractivity contribution is -0.384. The maximum atomic E-state index is 13.4. The number of benzene rings is 1. The fraction of sp³-hybridized carbons (Fsp3) is 0.450. The summed E-state index contributed by atoms with van der Waals surface area (Å²) in [6.07, 6.45) is 0. The number of non-ortho nitro benzene ring substituents is 1. The molecule has 170 valence electrons. The van der Waals surface area contributed by atoms with Crippen LogP contribution in [0.15, 0.2) is 46.5 Å². The Balaban J connectivity index is 2.66. The van der Waals surface area contributed by atoms with Gasteiger partial charge in [-0.1, -0.05) is 12.1 Å². The molecule has 0 fully saturated rings. The molecule has 1 aliphatic heterocycles. The van der Waals surface area contributed by atoms with Crippen molar-refractivity contribution in [3.05, 3.63) is 62.2 Å². The molecule has 1 unspecified atom stereocenters. The Morgan fingerprint density at radius 3 is 2.42 bits per heavy atom. The van der Waals surface area contributed by atoms with Gasteiger partial charge in [-0.15, -0.1) is 0 Å². The lowest BCUT2D eigenvalue weighted by Crippen LogP contribution is -2.30. The first-order valence-electron chi connectivity index (χ1n) is 9.52. The van der Waals surface area contributed by atoms with E-state index in [0.717, 1.165) is 0 Å². The van der Waals surface area contributed by atoms with Crippen LogP contribution < -0.4 is 5.32 Å². The lowest BCUT2D eigenvalue weighted by atomic mass is 9.86. The van der Waals surface area contributed by atoms with Crippen LogP contribution in [-0.4, -0.2) is 57.3 Å². The second-order valence-electron chi connectivity index (χ2n) is 7.26. The van der Waals surface area contributed by atoms with Crippen LogP contribution >= 0.6 is 7.60 Å². The molecule has 2 rings (SSSR count). The van der Waals surface area contributed by atoms with Gasteiger partial charge in [0, 0.05) is 44.3 Å². The predicted octanol–water partition coefficient (Wildman–Crippen LogP) is 3.38. The number of dihydropyridines is 1. The zero-order valence-electron chi connectivity index (χ0n) is 18.5. The van der Waals surface area contributed by atoms with Crippen molar-refractivity contribution >= 4 is 19.3 Å². The van der Waals surface area contributed by atoms with Crippen LogP contribution in [0, 0.1) is 10.1 Å². The molecule has 1 aromatic rings. The Hall–Kier alpha value is -2.52. The third-order valence-electron chi connectivity index (χ3n) is 4.91. The van der Waals surface area contributed by atoms with E-state index in [1.807, 2.05) is 19.0 Å². The van der Waals surface area contributed by atoms with Gasteiger partial charge < -0.3 is 24.0 Å². The number of allylic oxidation sites excluding steroid dienone is 3. The molecule has 0 bridgehead atoms. The van der Waals surface area contributed by atoms with Gasteiger partial charge in [-0.05, 0) is 33.5 Å². The van der Waals surface area contributed by atoms with Gasteiger partial charge in [-0.25, -0.2) is 4.79 Å². The highest BCUT2D eigenvalue weighted by molar-refractivity contribution is 7.58. The number of carbonyl (C=O) groups is 1. The summed E-state index contributed by atoms with van der Waals surface area (Å²) in [5.74, 6) is -1.54. The van der Waals surface area contributed by atoms with Crippen LogP contribution in [-0.2, 0) is 23.1 Å². The molecule has 1 heterocycles. The predicted molar refractivity (Wildman–Crippen MR) is 116 cm³/mol. The summed E-state index contributed by atoms with van der Waals surface area (Å²) in [5, 5.41) is 14.6. The molecule has 1 N–H and O–H groups in total. The Labute approximate surface area is 181 Å². The minimum absolute atomic E-state index is 0.147. The van der Waals surface area contributed by atoms with Gasteiger partial charge in [0.05, 0.1) is 21.7 Å². The summed E-state index contributed by atoms with van der Waals surface area (Å²) in [5.41, 5.74) is 1.40. The third kappa shape index (κ3) is 5.40. The van der Waals surface area contributed by atoms with Crippen molar-refractivity contribution < 1.29 is 28.1 Å². The Bertz CT molecular complexity index is 963. The fourth-order valence-corrected chi connectivity index (χ4v) is 5.03. The number of carbonyl (C=O) groups excluding carboxylic acids is 1. The quantitative estimate of drug-likeness (QED) is 0.260. The minimum atomic E-state index is -3.82. The van der Waals surface area contributed by atoms with Gasteiger partial charge in [-0.3, -0.25) is 14.7 Å². The van der Waals surface area contributed by atoms with Crippen molar-refractivity contribution in [2.24, 2.45) is 0 Å². The highest BCUT2D eigenvalue weighted by atomic mass is 31.2. The molecular formula is C20H28N3O7P. The summed E-state index contributed by atoms with van der Waals surface area (Å²) in [6.45, 7) is 4.04. The third-order valence-corrected chi connectivity index (χ3v) is 7.05. The maximum Gasteiger partial charge on any atom is 0.359 e. The average Bonchev–Trinajstić information content (AvgIpc) is 2.72. The smallest absolute Gasteiger partial charge is 0.359 e. The molecule has 0 aliphatic carbocycles. The van der Waals surface area contributed by atoms with E-state index in [0.29, 0.717) is 23.5 Å². The molecule has 10 nitrogen and oxygen atoms in total. The van der Waals surface area contributed by atoms with Crippen molar-refractivity contribution in [2.75, 3.05) is 41.5 Å². The highest BCUT2D eigenvalue weighted by Gasteiger charge is 2.44. The highest BCUT2D eigenvalue weighted by Crippen LogP contribution is 2.63. The van der Waals surface area contributed by atoms with Crippen LogP contribution in [0.1, 0.15) is 25.3 Å². The van der Waals surface area contributed by atoms with Gasteiger partial charge in [0.15, 0.2) is 0 Å². The maximum absolute atomic E-state index is 13.4. The molecule has 0 saturated carbocycles. The van der Waals surface area contributed by atoms with E-state index < -0.39 is 24.4 Å². The minimum Gasteiger partial charge on any atom is -0.461 e. The molecule has 0 spiro atoms. The number of nitro benzene ring substituents is 1. The van der Waals surface area contributed by atoms with E-state index >= 15 is 0 Å². The number of nitrogens with zero attached hydrogens (tertiary/aromatic N) is 2. The molecule has 0 radical (unpaired) electrons. The molecule has 0 aromatic heterocycles. The summed E-state index contributed by atoms with van der Waals surface area (Å²) in [4.78, 5) is 25.8. The molecule has 1 aliphatic rings. The first-order chi connectivity index (χ1) is 14.6. The largest absolute Gasteiger partial charge is 0.461 e. The monoisotopic (exact) mass is 453 g/mol. The van der Waals surface area contributed by atoms with Crippen molar-refractivity contribution in [2.45, 2.75) is 19.8 Å². The van der Waals surface area contributed by atoms with Gasteiger partial charge in [0.2, 0.25) is 0 Å². The molecule has 1 atom stereocenters. The van der Waals surface area contributed by atoms with Gasteiger partial charge >= 0.3 is 13.6 Å².